The monoisotopic (exact) mass is 164 g/mol. The molecular weight excluding hydrogens is 148 g/mol. The average Bonchev–Trinajstić information content (AvgIpc) is 2.00. The van der Waals surface area contributed by atoms with E-state index < -0.39 is 0 Å². The zero-order chi connectivity index (χ0) is 9.30. The van der Waals surface area contributed by atoms with Crippen molar-refractivity contribution in [1.82, 2.24) is 0 Å². The van der Waals surface area contributed by atoms with Crippen molar-refractivity contribution in [2.75, 3.05) is 0 Å². The molecule has 1 aromatic rings. The standard InChI is InChI=1S/C10H16N2/c1-6-4-5-9(10(11)12)8(3)7(6)2/h4-5,10H,11-12H2,1-3H3. The predicted molar refractivity (Wildman–Crippen MR) is 51.8 cm³/mol. The van der Waals surface area contributed by atoms with Gasteiger partial charge in [0.05, 0.1) is 6.17 Å². The molecule has 0 aliphatic carbocycles. The topological polar surface area (TPSA) is 52.0 Å². The fraction of sp³-hybridized carbons (Fsp3) is 0.400. The maximum atomic E-state index is 5.61. The van der Waals surface area contributed by atoms with Gasteiger partial charge in [-0.25, -0.2) is 0 Å². The summed E-state index contributed by atoms with van der Waals surface area (Å²) < 4.78 is 0. The van der Waals surface area contributed by atoms with Crippen molar-refractivity contribution >= 4 is 0 Å². The van der Waals surface area contributed by atoms with Crippen LogP contribution >= 0.6 is 0 Å². The summed E-state index contributed by atoms with van der Waals surface area (Å²) in [5.41, 5.74) is 16.0. The normalized spacial score (nSPS) is 10.8. The summed E-state index contributed by atoms with van der Waals surface area (Å²) in [4.78, 5) is 0. The molecule has 0 saturated heterocycles. The zero-order valence-corrected chi connectivity index (χ0v) is 7.89. The van der Waals surface area contributed by atoms with Crippen molar-refractivity contribution in [3.8, 4) is 0 Å². The van der Waals surface area contributed by atoms with Crippen molar-refractivity contribution in [3.63, 3.8) is 0 Å². The Labute approximate surface area is 73.6 Å². The van der Waals surface area contributed by atoms with Crippen molar-refractivity contribution in [1.29, 1.82) is 0 Å². The van der Waals surface area contributed by atoms with Crippen molar-refractivity contribution < 1.29 is 0 Å². The van der Waals surface area contributed by atoms with Gasteiger partial charge < -0.3 is 11.5 Å². The molecule has 0 atom stereocenters. The van der Waals surface area contributed by atoms with Crippen LogP contribution in [0, 0.1) is 20.8 Å². The molecule has 0 fully saturated rings. The molecule has 1 rings (SSSR count). The highest BCUT2D eigenvalue weighted by Gasteiger charge is 2.06. The van der Waals surface area contributed by atoms with E-state index in [4.69, 9.17) is 11.5 Å². The summed E-state index contributed by atoms with van der Waals surface area (Å²) in [5, 5.41) is 0. The first-order valence-corrected chi connectivity index (χ1v) is 4.12. The molecule has 12 heavy (non-hydrogen) atoms. The Kier molecular flexibility index (Phi) is 2.50. The molecule has 4 N–H and O–H groups in total. The third-order valence-corrected chi connectivity index (χ3v) is 2.46. The molecule has 0 aliphatic rings. The van der Waals surface area contributed by atoms with E-state index in [1.807, 2.05) is 6.07 Å². The highest BCUT2D eigenvalue weighted by molar-refractivity contribution is 5.39. The SMILES string of the molecule is Cc1ccc(C(N)N)c(C)c1C. The highest BCUT2D eigenvalue weighted by atomic mass is 14.8. The minimum absolute atomic E-state index is 0.357. The minimum Gasteiger partial charge on any atom is -0.312 e. The van der Waals surface area contributed by atoms with Gasteiger partial charge in [-0.2, -0.15) is 0 Å². The second-order valence-electron chi connectivity index (χ2n) is 3.25. The van der Waals surface area contributed by atoms with Crippen LogP contribution in [0.2, 0.25) is 0 Å². The maximum Gasteiger partial charge on any atom is 0.0787 e. The Hall–Kier alpha value is -0.860. The lowest BCUT2D eigenvalue weighted by molar-refractivity contribution is 0.764. The molecule has 0 amide bonds. The van der Waals surface area contributed by atoms with Gasteiger partial charge in [0.25, 0.3) is 0 Å². The molecule has 66 valence electrons. The summed E-state index contributed by atoms with van der Waals surface area (Å²) in [7, 11) is 0. The average molecular weight is 164 g/mol. The van der Waals surface area contributed by atoms with Crippen LogP contribution in [0.25, 0.3) is 0 Å². The Morgan fingerprint density at radius 3 is 2.08 bits per heavy atom. The van der Waals surface area contributed by atoms with Gasteiger partial charge in [0, 0.05) is 0 Å². The van der Waals surface area contributed by atoms with E-state index in [1.165, 1.54) is 16.7 Å². The van der Waals surface area contributed by atoms with Crippen LogP contribution in [0.4, 0.5) is 0 Å². The van der Waals surface area contributed by atoms with E-state index >= 15 is 0 Å². The lowest BCUT2D eigenvalue weighted by Crippen LogP contribution is -2.21. The van der Waals surface area contributed by atoms with Gasteiger partial charge in [0.1, 0.15) is 0 Å². The first-order chi connectivity index (χ1) is 5.54. The van der Waals surface area contributed by atoms with Crippen molar-refractivity contribution in [2.45, 2.75) is 26.9 Å². The Morgan fingerprint density at radius 1 is 1.00 bits per heavy atom. The zero-order valence-electron chi connectivity index (χ0n) is 7.89. The molecule has 1 aromatic carbocycles. The minimum atomic E-state index is -0.357. The summed E-state index contributed by atoms with van der Waals surface area (Å²) in [6, 6.07) is 4.06. The largest absolute Gasteiger partial charge is 0.312 e. The van der Waals surface area contributed by atoms with E-state index in [2.05, 4.69) is 26.8 Å². The van der Waals surface area contributed by atoms with Gasteiger partial charge in [0.15, 0.2) is 0 Å². The van der Waals surface area contributed by atoms with Crippen molar-refractivity contribution in [3.05, 3.63) is 34.4 Å². The second kappa shape index (κ2) is 3.25. The van der Waals surface area contributed by atoms with Gasteiger partial charge in [-0.1, -0.05) is 12.1 Å². The van der Waals surface area contributed by atoms with Crippen LogP contribution in [-0.2, 0) is 0 Å². The van der Waals surface area contributed by atoms with Gasteiger partial charge >= 0.3 is 0 Å². The van der Waals surface area contributed by atoms with E-state index in [0.29, 0.717) is 0 Å². The predicted octanol–water partition coefficient (Wildman–Crippen LogP) is 1.53. The van der Waals surface area contributed by atoms with Gasteiger partial charge in [0.2, 0.25) is 0 Å². The number of rotatable bonds is 1. The molecule has 0 spiro atoms. The molecule has 0 aliphatic heterocycles. The molecule has 0 unspecified atom stereocenters. The Balaban J connectivity index is 3.27. The summed E-state index contributed by atoms with van der Waals surface area (Å²) in [5.74, 6) is 0. The number of benzene rings is 1. The maximum absolute atomic E-state index is 5.61. The number of aryl methyl sites for hydroxylation is 1. The number of hydrogen-bond donors (Lipinski definition) is 2. The lowest BCUT2D eigenvalue weighted by Gasteiger charge is -2.13. The van der Waals surface area contributed by atoms with Crippen LogP contribution < -0.4 is 11.5 Å². The fourth-order valence-corrected chi connectivity index (χ4v) is 1.34. The molecule has 0 bridgehead atoms. The smallest absolute Gasteiger partial charge is 0.0787 e. The number of nitrogens with two attached hydrogens (primary N) is 2. The van der Waals surface area contributed by atoms with Crippen LogP contribution in [0.5, 0.6) is 0 Å². The van der Waals surface area contributed by atoms with E-state index in [9.17, 15) is 0 Å². The van der Waals surface area contributed by atoms with Crippen LogP contribution in [0.15, 0.2) is 12.1 Å². The third-order valence-electron chi connectivity index (χ3n) is 2.46. The molecule has 2 nitrogen and oxygen atoms in total. The lowest BCUT2D eigenvalue weighted by atomic mass is 9.98. The van der Waals surface area contributed by atoms with E-state index in [1.54, 1.807) is 0 Å². The summed E-state index contributed by atoms with van der Waals surface area (Å²) >= 11 is 0. The van der Waals surface area contributed by atoms with Gasteiger partial charge in [-0.05, 0) is 43.0 Å². The van der Waals surface area contributed by atoms with Crippen molar-refractivity contribution in [2.24, 2.45) is 11.5 Å². The molecule has 0 heterocycles. The summed E-state index contributed by atoms with van der Waals surface area (Å²) in [6.07, 6.45) is -0.357. The van der Waals surface area contributed by atoms with Crippen LogP contribution in [0.3, 0.4) is 0 Å². The second-order valence-corrected chi connectivity index (χ2v) is 3.25. The van der Waals surface area contributed by atoms with Gasteiger partial charge in [-0.3, -0.25) is 0 Å². The molecule has 0 saturated carbocycles. The van der Waals surface area contributed by atoms with Gasteiger partial charge in [-0.15, -0.1) is 0 Å². The quantitative estimate of drug-likeness (QED) is 0.618. The Bertz CT molecular complexity index is 290. The van der Waals surface area contributed by atoms with Crippen LogP contribution in [-0.4, -0.2) is 0 Å². The molecular formula is C10H16N2. The first kappa shape index (κ1) is 9.23. The number of hydrogen-bond acceptors (Lipinski definition) is 2. The van der Waals surface area contributed by atoms with Crippen LogP contribution in [0.1, 0.15) is 28.4 Å². The highest BCUT2D eigenvalue weighted by Crippen LogP contribution is 2.19. The first-order valence-electron chi connectivity index (χ1n) is 4.12. The molecule has 0 aromatic heterocycles. The van der Waals surface area contributed by atoms with E-state index in [0.717, 1.165) is 5.56 Å². The third kappa shape index (κ3) is 1.49. The molecule has 0 radical (unpaired) electrons. The fourth-order valence-electron chi connectivity index (χ4n) is 1.34. The molecule has 2 heteroatoms. The van der Waals surface area contributed by atoms with E-state index in [-0.39, 0.29) is 6.17 Å². The summed E-state index contributed by atoms with van der Waals surface area (Å²) in [6.45, 7) is 6.25. The Morgan fingerprint density at radius 2 is 1.58 bits per heavy atom.